The van der Waals surface area contributed by atoms with Crippen molar-refractivity contribution in [3.63, 3.8) is 0 Å². The molecule has 0 atom stereocenters. The zero-order valence-corrected chi connectivity index (χ0v) is 21.6. The summed E-state index contributed by atoms with van der Waals surface area (Å²) in [5.74, 6) is 0.344. The maximum absolute atomic E-state index is 13.3. The van der Waals surface area contributed by atoms with Crippen LogP contribution in [0.4, 0.5) is 0 Å². The normalized spacial score (nSPS) is 15.6. The number of hydrogen-bond donors (Lipinski definition) is 0. The van der Waals surface area contributed by atoms with Crippen LogP contribution in [0.25, 0.3) is 27.8 Å². The van der Waals surface area contributed by atoms with Crippen LogP contribution in [0.5, 0.6) is 0 Å². The fraction of sp³-hybridized carbons (Fsp3) is 0.333. The number of fused-ring (bicyclic) bond motifs is 1. The standard InChI is InChI=1S/C30H32ClN3O/c1-20-9-8-12-25(31)28(20)34-27(35)14-13-23-24(21-10-6-5-7-11-21)19-26(32-29(23)34)22-15-17-33(18-16-22)30(2,3)4/h5-14,19,22H,15-18H2,1-4H3. The summed E-state index contributed by atoms with van der Waals surface area (Å²) >= 11 is 6.65. The second-order valence-electron chi connectivity index (χ2n) is 10.5. The van der Waals surface area contributed by atoms with E-state index in [1.54, 1.807) is 10.6 Å². The van der Waals surface area contributed by atoms with Crippen LogP contribution in [-0.4, -0.2) is 33.1 Å². The van der Waals surface area contributed by atoms with Gasteiger partial charge in [-0.25, -0.2) is 4.98 Å². The Kier molecular flexibility index (Phi) is 6.29. The smallest absolute Gasteiger partial charge is 0.256 e. The highest BCUT2D eigenvalue weighted by Gasteiger charge is 2.29. The lowest BCUT2D eigenvalue weighted by molar-refractivity contribution is 0.102. The Morgan fingerprint density at radius 3 is 2.31 bits per heavy atom. The molecular formula is C30H32ClN3O. The average molecular weight is 486 g/mol. The third-order valence-electron chi connectivity index (χ3n) is 7.24. The van der Waals surface area contributed by atoms with Crippen molar-refractivity contribution >= 4 is 22.6 Å². The number of nitrogens with zero attached hydrogens (tertiary/aromatic N) is 3. The Balaban J connectivity index is 1.74. The van der Waals surface area contributed by atoms with Crippen LogP contribution in [0.15, 0.2) is 71.5 Å². The van der Waals surface area contributed by atoms with Gasteiger partial charge in [-0.15, -0.1) is 0 Å². The van der Waals surface area contributed by atoms with E-state index in [9.17, 15) is 4.79 Å². The quantitative estimate of drug-likeness (QED) is 0.314. The van der Waals surface area contributed by atoms with Gasteiger partial charge in [0.15, 0.2) is 0 Å². The molecule has 4 nitrogen and oxygen atoms in total. The number of hydrogen-bond acceptors (Lipinski definition) is 3. The van der Waals surface area contributed by atoms with Crippen LogP contribution in [0.3, 0.4) is 0 Å². The highest BCUT2D eigenvalue weighted by molar-refractivity contribution is 6.32. The second kappa shape index (κ2) is 9.25. The molecule has 0 radical (unpaired) electrons. The van der Waals surface area contributed by atoms with Crippen molar-refractivity contribution in [1.29, 1.82) is 0 Å². The van der Waals surface area contributed by atoms with Crippen LogP contribution in [-0.2, 0) is 0 Å². The first-order valence-electron chi connectivity index (χ1n) is 12.4. The summed E-state index contributed by atoms with van der Waals surface area (Å²) in [6.45, 7) is 10.9. The van der Waals surface area contributed by atoms with Crippen LogP contribution < -0.4 is 5.56 Å². The van der Waals surface area contributed by atoms with Gasteiger partial charge in [0, 0.05) is 28.6 Å². The highest BCUT2D eigenvalue weighted by Crippen LogP contribution is 2.36. The molecule has 180 valence electrons. The van der Waals surface area contributed by atoms with Gasteiger partial charge in [0.25, 0.3) is 5.56 Å². The van der Waals surface area contributed by atoms with Crippen LogP contribution in [0.1, 0.15) is 50.8 Å². The van der Waals surface area contributed by atoms with Gasteiger partial charge in [-0.1, -0.05) is 54.1 Å². The summed E-state index contributed by atoms with van der Waals surface area (Å²) in [6.07, 6.45) is 2.10. The Hall–Kier alpha value is -2.95. The topological polar surface area (TPSA) is 38.1 Å². The molecule has 1 fully saturated rings. The summed E-state index contributed by atoms with van der Waals surface area (Å²) < 4.78 is 1.70. The van der Waals surface area contributed by atoms with E-state index in [0.29, 0.717) is 22.3 Å². The minimum Gasteiger partial charge on any atom is -0.298 e. The monoisotopic (exact) mass is 485 g/mol. The molecule has 1 aliphatic rings. The molecule has 3 heterocycles. The number of rotatable bonds is 3. The largest absolute Gasteiger partial charge is 0.298 e. The predicted octanol–water partition coefficient (Wildman–Crippen LogP) is 6.99. The van der Waals surface area contributed by atoms with Crippen LogP contribution >= 0.6 is 11.6 Å². The predicted molar refractivity (Wildman–Crippen MR) is 146 cm³/mol. The lowest BCUT2D eigenvalue weighted by atomic mass is 9.88. The lowest BCUT2D eigenvalue weighted by Crippen LogP contribution is -2.45. The van der Waals surface area contributed by atoms with E-state index in [2.05, 4.69) is 56.0 Å². The Morgan fingerprint density at radius 1 is 0.943 bits per heavy atom. The van der Waals surface area contributed by atoms with Crippen molar-refractivity contribution in [3.8, 4) is 16.8 Å². The molecular weight excluding hydrogens is 454 g/mol. The third kappa shape index (κ3) is 4.53. The molecule has 0 bridgehead atoms. The van der Waals surface area contributed by atoms with Crippen molar-refractivity contribution in [2.45, 2.75) is 52.0 Å². The van der Waals surface area contributed by atoms with Crippen molar-refractivity contribution in [2.75, 3.05) is 13.1 Å². The van der Waals surface area contributed by atoms with E-state index in [1.807, 2.05) is 37.3 Å². The highest BCUT2D eigenvalue weighted by atomic mass is 35.5. The van der Waals surface area contributed by atoms with Gasteiger partial charge in [-0.05, 0) is 88.5 Å². The number of aryl methyl sites for hydroxylation is 1. The van der Waals surface area contributed by atoms with E-state index in [0.717, 1.165) is 53.7 Å². The molecule has 5 heteroatoms. The van der Waals surface area contributed by atoms with Gasteiger partial charge in [-0.3, -0.25) is 14.3 Å². The van der Waals surface area contributed by atoms with Crippen molar-refractivity contribution in [2.24, 2.45) is 0 Å². The molecule has 0 spiro atoms. The van der Waals surface area contributed by atoms with Gasteiger partial charge in [-0.2, -0.15) is 0 Å². The van der Waals surface area contributed by atoms with Crippen molar-refractivity contribution < 1.29 is 0 Å². The number of piperidine rings is 1. The molecule has 0 unspecified atom stereocenters. The van der Waals surface area contributed by atoms with E-state index >= 15 is 0 Å². The molecule has 0 saturated carbocycles. The molecule has 2 aromatic carbocycles. The Bertz CT molecular complexity index is 1410. The zero-order valence-electron chi connectivity index (χ0n) is 20.9. The zero-order chi connectivity index (χ0) is 24.7. The number of aromatic nitrogens is 2. The summed E-state index contributed by atoms with van der Waals surface area (Å²) in [4.78, 5) is 21.0. The first kappa shape index (κ1) is 23.8. The average Bonchev–Trinajstić information content (AvgIpc) is 2.84. The molecule has 0 N–H and O–H groups in total. The minimum absolute atomic E-state index is 0.125. The minimum atomic E-state index is -0.125. The van der Waals surface area contributed by atoms with Crippen molar-refractivity contribution in [3.05, 3.63) is 93.4 Å². The number of para-hydroxylation sites is 1. The van der Waals surface area contributed by atoms with E-state index in [-0.39, 0.29) is 11.1 Å². The fourth-order valence-electron chi connectivity index (χ4n) is 5.26. The van der Waals surface area contributed by atoms with E-state index in [1.165, 1.54) is 0 Å². The Morgan fingerprint density at radius 2 is 1.66 bits per heavy atom. The first-order valence-corrected chi connectivity index (χ1v) is 12.7. The number of likely N-dealkylation sites (tertiary alicyclic amines) is 1. The number of benzene rings is 2. The summed E-state index contributed by atoms with van der Waals surface area (Å²) in [7, 11) is 0. The molecule has 35 heavy (non-hydrogen) atoms. The number of pyridine rings is 2. The summed E-state index contributed by atoms with van der Waals surface area (Å²) in [5.41, 5.74) is 5.63. The van der Waals surface area contributed by atoms with Crippen LogP contribution in [0.2, 0.25) is 5.02 Å². The molecule has 4 aromatic rings. The van der Waals surface area contributed by atoms with Gasteiger partial charge in [0.2, 0.25) is 0 Å². The second-order valence-corrected chi connectivity index (χ2v) is 10.9. The van der Waals surface area contributed by atoms with E-state index < -0.39 is 0 Å². The van der Waals surface area contributed by atoms with Crippen molar-refractivity contribution in [1.82, 2.24) is 14.5 Å². The third-order valence-corrected chi connectivity index (χ3v) is 7.55. The fourth-order valence-corrected chi connectivity index (χ4v) is 5.57. The molecule has 1 saturated heterocycles. The Labute approximate surface area is 212 Å². The van der Waals surface area contributed by atoms with E-state index in [4.69, 9.17) is 16.6 Å². The van der Waals surface area contributed by atoms with Gasteiger partial charge >= 0.3 is 0 Å². The van der Waals surface area contributed by atoms with Crippen LogP contribution in [0, 0.1) is 6.92 Å². The van der Waals surface area contributed by atoms with Gasteiger partial charge in [0.1, 0.15) is 5.65 Å². The lowest BCUT2D eigenvalue weighted by Gasteiger charge is -2.40. The molecule has 0 aliphatic carbocycles. The molecule has 0 amide bonds. The maximum Gasteiger partial charge on any atom is 0.256 e. The molecule has 2 aromatic heterocycles. The molecule has 1 aliphatic heterocycles. The summed E-state index contributed by atoms with van der Waals surface area (Å²) in [5, 5.41) is 1.50. The van der Waals surface area contributed by atoms with Gasteiger partial charge < -0.3 is 0 Å². The molecule has 5 rings (SSSR count). The number of halogens is 1. The maximum atomic E-state index is 13.3. The summed E-state index contributed by atoms with van der Waals surface area (Å²) in [6, 6.07) is 21.9. The first-order chi connectivity index (χ1) is 16.7. The SMILES string of the molecule is Cc1cccc(Cl)c1-n1c(=O)ccc2c(-c3ccccc3)cc(C3CCN(C(C)(C)C)CC3)nc21. The van der Waals surface area contributed by atoms with Gasteiger partial charge in [0.05, 0.1) is 10.7 Å².